The van der Waals surface area contributed by atoms with Crippen molar-refractivity contribution in [1.82, 2.24) is 0 Å². The number of hydrogen-bond donors (Lipinski definition) is 0. The molecule has 0 saturated carbocycles. The number of ether oxygens (including phenoxy) is 4. The van der Waals surface area contributed by atoms with Crippen molar-refractivity contribution in [2.75, 3.05) is 13.2 Å². The Morgan fingerprint density at radius 1 is 0.537 bits per heavy atom. The Morgan fingerprint density at radius 2 is 0.866 bits per heavy atom. The van der Waals surface area contributed by atoms with Crippen molar-refractivity contribution in [1.29, 1.82) is 0 Å². The Morgan fingerprint density at radius 3 is 1.21 bits per heavy atom. The molecule has 0 aliphatic heterocycles. The van der Waals surface area contributed by atoms with Crippen molar-refractivity contribution >= 4 is 30.0 Å². The third-order valence-electron chi connectivity index (χ3n) is 12.4. The number of hydrogen-bond acceptors (Lipinski definition) is 10. The molecule has 0 spiro atoms. The highest BCUT2D eigenvalue weighted by Gasteiger charge is 2.27. The number of carbonyl (C=O) groups excluding carboxylic acids is 6. The Hall–Kier alpha value is -3.52. The van der Waals surface area contributed by atoms with Crippen molar-refractivity contribution in [3.63, 3.8) is 0 Å². The van der Waals surface area contributed by atoms with Crippen LogP contribution < -0.4 is 4.74 Å². The SMILES string of the molecule is C.CCCCCCCCCCCCCCCC(=O)OCC(COC(=O)CCCCCCCCCCCCCCC)OC(=O)C(C)CCC(C)C(=O)Oc1cc(C)cc(C)c1C(C)(C)C.O=C=O. The first-order valence-corrected chi connectivity index (χ1v) is 26.4. The van der Waals surface area contributed by atoms with Crippen LogP contribution in [0.4, 0.5) is 0 Å². The molecule has 0 amide bonds. The number of aryl methyl sites for hydroxylation is 2. The first kappa shape index (κ1) is 65.6. The summed E-state index contributed by atoms with van der Waals surface area (Å²) in [5, 5.41) is 0. The van der Waals surface area contributed by atoms with Crippen LogP contribution in [-0.2, 0) is 48.4 Å². The molecule has 10 heteroatoms. The van der Waals surface area contributed by atoms with E-state index in [2.05, 4.69) is 40.7 Å². The molecule has 0 saturated heterocycles. The van der Waals surface area contributed by atoms with E-state index in [4.69, 9.17) is 28.5 Å². The van der Waals surface area contributed by atoms with Crippen LogP contribution in [0.2, 0.25) is 0 Å². The summed E-state index contributed by atoms with van der Waals surface area (Å²) in [5.74, 6) is -1.88. The van der Waals surface area contributed by atoms with E-state index in [1.165, 1.54) is 128 Å². The average molecular weight is 945 g/mol. The van der Waals surface area contributed by atoms with Crippen LogP contribution in [0.5, 0.6) is 5.75 Å². The maximum atomic E-state index is 13.3. The minimum absolute atomic E-state index is 0. The second-order valence-corrected chi connectivity index (χ2v) is 20.0. The molecule has 0 radical (unpaired) electrons. The van der Waals surface area contributed by atoms with E-state index >= 15 is 0 Å². The molecule has 0 bridgehead atoms. The highest BCUT2D eigenvalue weighted by molar-refractivity contribution is 5.76. The molecule has 1 aromatic carbocycles. The Balaban J connectivity index is 0. The zero-order valence-corrected chi connectivity index (χ0v) is 43.6. The van der Waals surface area contributed by atoms with E-state index in [-0.39, 0.29) is 50.1 Å². The van der Waals surface area contributed by atoms with Crippen LogP contribution in [0.3, 0.4) is 0 Å². The molecule has 0 fully saturated rings. The third kappa shape index (κ3) is 36.2. The Kier molecular flexibility index (Phi) is 41.7. The van der Waals surface area contributed by atoms with Crippen molar-refractivity contribution in [3.05, 3.63) is 28.8 Å². The van der Waals surface area contributed by atoms with Gasteiger partial charge in [0.1, 0.15) is 19.0 Å². The lowest BCUT2D eigenvalue weighted by atomic mass is 9.82. The lowest BCUT2D eigenvalue weighted by molar-refractivity contribution is -0.191. The fraction of sp³-hybridized carbons (Fsp3) is 0.807. The van der Waals surface area contributed by atoms with Gasteiger partial charge in [0.15, 0.2) is 6.10 Å². The molecule has 0 aromatic heterocycles. The molecule has 10 nitrogen and oxygen atoms in total. The molecule has 2 atom stereocenters. The fourth-order valence-electron chi connectivity index (χ4n) is 8.40. The van der Waals surface area contributed by atoms with Gasteiger partial charge in [-0.05, 0) is 62.1 Å². The number of esters is 4. The van der Waals surface area contributed by atoms with E-state index in [1.54, 1.807) is 6.92 Å². The highest BCUT2D eigenvalue weighted by atomic mass is 16.6. The summed E-state index contributed by atoms with van der Waals surface area (Å²) >= 11 is 0. The van der Waals surface area contributed by atoms with Gasteiger partial charge in [-0.3, -0.25) is 19.2 Å². The Bertz CT molecular complexity index is 1410. The van der Waals surface area contributed by atoms with E-state index in [0.29, 0.717) is 31.4 Å². The first-order chi connectivity index (χ1) is 31.6. The van der Waals surface area contributed by atoms with Crippen LogP contribution in [0.25, 0.3) is 0 Å². The van der Waals surface area contributed by atoms with Crippen LogP contribution in [-0.4, -0.2) is 49.3 Å². The van der Waals surface area contributed by atoms with Crippen molar-refractivity contribution in [2.24, 2.45) is 11.8 Å². The largest absolute Gasteiger partial charge is 0.462 e. The standard InChI is InChI=1S/C55H96O8.CO2.CH4/c1-10-12-14-16-18-20-22-24-26-28-30-32-34-36-50(56)60-42-48(43-61-51(57)37-35-33-31-29-27-25-23-21-19-17-15-13-11-2)62-53(58)45(4)38-39-46(5)54(59)63-49-41-44(3)40-47(6)52(49)55(7,8)9;2-1-3;/h40-41,45-46,48H,10-39,42-43H2,1-9H3;;1H4. The van der Waals surface area contributed by atoms with Gasteiger partial charge in [0.2, 0.25) is 0 Å². The summed E-state index contributed by atoms with van der Waals surface area (Å²) in [6, 6.07) is 4.02. The van der Waals surface area contributed by atoms with Crippen LogP contribution in [0.15, 0.2) is 12.1 Å². The van der Waals surface area contributed by atoms with Crippen LogP contribution in [0, 0.1) is 25.7 Å². The predicted molar refractivity (Wildman–Crippen MR) is 272 cm³/mol. The quantitative estimate of drug-likeness (QED) is 0.0271. The van der Waals surface area contributed by atoms with Gasteiger partial charge in [-0.25, -0.2) is 0 Å². The van der Waals surface area contributed by atoms with Gasteiger partial charge in [-0.15, -0.1) is 0 Å². The third-order valence-corrected chi connectivity index (χ3v) is 12.4. The van der Waals surface area contributed by atoms with Gasteiger partial charge in [-0.1, -0.05) is 216 Å². The molecule has 0 aliphatic carbocycles. The second kappa shape index (κ2) is 42.6. The zero-order chi connectivity index (χ0) is 49.4. The lowest BCUT2D eigenvalue weighted by Crippen LogP contribution is -2.33. The summed E-state index contributed by atoms with van der Waals surface area (Å²) in [4.78, 5) is 68.3. The monoisotopic (exact) mass is 945 g/mol. The number of benzene rings is 1. The highest BCUT2D eigenvalue weighted by Crippen LogP contribution is 2.36. The van der Waals surface area contributed by atoms with Gasteiger partial charge >= 0.3 is 30.0 Å². The van der Waals surface area contributed by atoms with E-state index in [9.17, 15) is 19.2 Å². The zero-order valence-electron chi connectivity index (χ0n) is 43.6. The normalized spacial score (nSPS) is 12.0. The molecular weight excluding hydrogens is 845 g/mol. The van der Waals surface area contributed by atoms with E-state index in [0.717, 1.165) is 55.2 Å². The number of rotatable bonds is 39. The van der Waals surface area contributed by atoms with Crippen molar-refractivity contribution < 1.29 is 47.7 Å². The molecule has 1 aromatic rings. The van der Waals surface area contributed by atoms with E-state index in [1.807, 2.05) is 26.8 Å². The van der Waals surface area contributed by atoms with Crippen LogP contribution in [0.1, 0.15) is 265 Å². The predicted octanol–water partition coefficient (Wildman–Crippen LogP) is 15.6. The maximum absolute atomic E-state index is 13.3. The first-order valence-electron chi connectivity index (χ1n) is 26.4. The summed E-state index contributed by atoms with van der Waals surface area (Å²) in [7, 11) is 0. The molecule has 0 aliphatic rings. The summed E-state index contributed by atoms with van der Waals surface area (Å²) < 4.78 is 22.9. The summed E-state index contributed by atoms with van der Waals surface area (Å²) in [6.07, 6.45) is 32.7. The van der Waals surface area contributed by atoms with Gasteiger partial charge in [0.25, 0.3) is 0 Å². The molecule has 0 heterocycles. The summed E-state index contributed by atoms with van der Waals surface area (Å²) in [5.41, 5.74) is 2.91. The van der Waals surface area contributed by atoms with E-state index < -0.39 is 23.9 Å². The number of unbranched alkanes of at least 4 members (excludes halogenated alkanes) is 24. The molecule has 2 unspecified atom stereocenters. The van der Waals surface area contributed by atoms with Crippen molar-refractivity contribution in [3.8, 4) is 5.75 Å². The minimum Gasteiger partial charge on any atom is -0.462 e. The number of carbonyl (C=O) groups is 4. The maximum Gasteiger partial charge on any atom is 0.373 e. The average Bonchev–Trinajstić information content (AvgIpc) is 3.26. The smallest absolute Gasteiger partial charge is 0.373 e. The topological polar surface area (TPSA) is 139 Å². The van der Waals surface area contributed by atoms with Gasteiger partial charge in [0.05, 0.1) is 11.8 Å². The van der Waals surface area contributed by atoms with Crippen molar-refractivity contribution in [2.45, 2.75) is 274 Å². The Labute approximate surface area is 409 Å². The molecule has 67 heavy (non-hydrogen) atoms. The molecular formula is C57H100O10. The van der Waals surface area contributed by atoms with Crippen LogP contribution >= 0.6 is 0 Å². The fourth-order valence-corrected chi connectivity index (χ4v) is 8.40. The molecule has 0 N–H and O–H groups in total. The van der Waals surface area contributed by atoms with Gasteiger partial charge in [-0.2, -0.15) is 9.59 Å². The summed E-state index contributed by atoms with van der Waals surface area (Å²) in [6.45, 7) is 18.1. The minimum atomic E-state index is -0.908. The van der Waals surface area contributed by atoms with Gasteiger partial charge in [0, 0.05) is 18.4 Å². The second-order valence-electron chi connectivity index (χ2n) is 20.0. The molecule has 1 rings (SSSR count). The molecule has 388 valence electrons. The van der Waals surface area contributed by atoms with Gasteiger partial charge < -0.3 is 18.9 Å². The lowest BCUT2D eigenvalue weighted by Gasteiger charge is -2.26.